The Morgan fingerprint density at radius 2 is 1.58 bits per heavy atom. The summed E-state index contributed by atoms with van der Waals surface area (Å²) in [6, 6.07) is 16.0. The zero-order valence-electron chi connectivity index (χ0n) is 13.5. The van der Waals surface area contributed by atoms with Gasteiger partial charge in [0.05, 0.1) is 11.4 Å². The van der Waals surface area contributed by atoms with Crippen LogP contribution in [0.25, 0.3) is 16.9 Å². The van der Waals surface area contributed by atoms with Crippen molar-refractivity contribution in [1.82, 2.24) is 4.57 Å². The normalized spacial score (nSPS) is 11.2. The van der Waals surface area contributed by atoms with Crippen LogP contribution in [0.3, 0.4) is 0 Å². The van der Waals surface area contributed by atoms with E-state index in [-0.39, 0.29) is 11.6 Å². The van der Waals surface area contributed by atoms with Gasteiger partial charge in [0.2, 0.25) is 0 Å². The summed E-state index contributed by atoms with van der Waals surface area (Å²) in [4.78, 5) is 0. The minimum atomic E-state index is -2.43. The van der Waals surface area contributed by atoms with Crippen molar-refractivity contribution in [2.24, 2.45) is 0 Å². The Hall–Kier alpha value is -2.40. The lowest BCUT2D eigenvalue weighted by atomic mass is 10.1. The van der Waals surface area contributed by atoms with Gasteiger partial charge in [-0.2, -0.15) is 0 Å². The molecule has 0 saturated carbocycles. The number of aryl methyl sites for hydroxylation is 1. The van der Waals surface area contributed by atoms with E-state index in [1.165, 1.54) is 12.1 Å². The first-order chi connectivity index (χ1) is 11.5. The fraction of sp³-hybridized carbons (Fsp3) is 0.158. The number of benzene rings is 2. The molecule has 24 heavy (non-hydrogen) atoms. The molecule has 0 fully saturated rings. The summed E-state index contributed by atoms with van der Waals surface area (Å²) in [6.45, 7) is 4.06. The summed E-state index contributed by atoms with van der Waals surface area (Å²) < 4.78 is 37.0. The number of aromatic nitrogens is 1. The van der Waals surface area contributed by atoms with Crippen LogP contribution >= 0.6 is 0 Å². The minimum Gasteiger partial charge on any atom is -0.314 e. The van der Waals surface area contributed by atoms with Gasteiger partial charge in [0.15, 0.2) is 0 Å². The lowest BCUT2D eigenvalue weighted by molar-refractivity contribution is 0.614. The molecule has 1 aromatic heterocycles. The fourth-order valence-corrected chi connectivity index (χ4v) is 3.31. The second-order valence-electron chi connectivity index (χ2n) is 5.80. The van der Waals surface area contributed by atoms with Gasteiger partial charge in [-0.25, -0.2) is 12.8 Å². The van der Waals surface area contributed by atoms with Gasteiger partial charge < -0.3 is 4.57 Å². The molecule has 124 valence electrons. The van der Waals surface area contributed by atoms with E-state index in [2.05, 4.69) is 10.6 Å². The van der Waals surface area contributed by atoms with Crippen molar-refractivity contribution in [3.05, 3.63) is 77.2 Å². The van der Waals surface area contributed by atoms with Crippen LogP contribution in [0.5, 0.6) is 0 Å². The van der Waals surface area contributed by atoms with Crippen LogP contribution < -0.4 is 0 Å². The SMILES string of the molecule is Cc1cc(-c2ccc(C[SH](=O)=O)cc2)n(-c2ccc(F)cc2)c1C. The monoisotopic (exact) mass is 343 g/mol. The summed E-state index contributed by atoms with van der Waals surface area (Å²) in [6.07, 6.45) is 0. The Bertz CT molecular complexity index is 931. The molecule has 0 bridgehead atoms. The summed E-state index contributed by atoms with van der Waals surface area (Å²) >= 11 is 0. The zero-order valence-corrected chi connectivity index (χ0v) is 14.4. The number of hydrogen-bond acceptors (Lipinski definition) is 2. The van der Waals surface area contributed by atoms with Crippen LogP contribution in [0.4, 0.5) is 4.39 Å². The number of thiol groups is 1. The van der Waals surface area contributed by atoms with E-state index in [1.54, 1.807) is 12.1 Å². The Labute approximate surface area is 142 Å². The van der Waals surface area contributed by atoms with E-state index < -0.39 is 10.7 Å². The van der Waals surface area contributed by atoms with E-state index in [1.807, 2.05) is 38.1 Å². The van der Waals surface area contributed by atoms with Crippen molar-refractivity contribution in [2.75, 3.05) is 0 Å². The predicted molar refractivity (Wildman–Crippen MR) is 94.7 cm³/mol. The van der Waals surface area contributed by atoms with E-state index in [0.717, 1.165) is 33.8 Å². The number of rotatable bonds is 4. The standard InChI is InChI=1S/C19H18FNO2S/c1-13-11-19(16-5-3-15(4-6-16)12-24(22)23)21(14(13)2)18-9-7-17(20)8-10-18/h3-11,24H,12H2,1-2H3. The molecule has 0 amide bonds. The maximum absolute atomic E-state index is 13.2. The van der Waals surface area contributed by atoms with E-state index in [9.17, 15) is 12.8 Å². The molecule has 0 saturated heterocycles. The predicted octanol–water partition coefficient (Wildman–Crippen LogP) is 4.01. The summed E-state index contributed by atoms with van der Waals surface area (Å²) in [5.41, 5.74) is 5.87. The first kappa shape index (κ1) is 16.5. The van der Waals surface area contributed by atoms with Crippen molar-refractivity contribution >= 4 is 10.7 Å². The molecule has 5 heteroatoms. The van der Waals surface area contributed by atoms with Gasteiger partial charge in [-0.05, 0) is 60.9 Å². The van der Waals surface area contributed by atoms with Gasteiger partial charge in [-0.3, -0.25) is 0 Å². The lowest BCUT2D eigenvalue weighted by Crippen LogP contribution is -1.99. The topological polar surface area (TPSA) is 39.1 Å². The van der Waals surface area contributed by atoms with Crippen LogP contribution in [-0.2, 0) is 16.5 Å². The van der Waals surface area contributed by atoms with Gasteiger partial charge in [-0.15, -0.1) is 0 Å². The van der Waals surface area contributed by atoms with Gasteiger partial charge in [0.1, 0.15) is 16.5 Å². The molecule has 3 rings (SSSR count). The highest BCUT2D eigenvalue weighted by atomic mass is 32.2. The maximum atomic E-state index is 13.2. The van der Waals surface area contributed by atoms with E-state index in [4.69, 9.17) is 0 Å². The number of halogens is 1. The van der Waals surface area contributed by atoms with Crippen LogP contribution in [0.2, 0.25) is 0 Å². The maximum Gasteiger partial charge on any atom is 0.144 e. The average molecular weight is 343 g/mol. The molecule has 3 nitrogen and oxygen atoms in total. The first-order valence-electron chi connectivity index (χ1n) is 7.61. The number of hydrogen-bond donors (Lipinski definition) is 1. The highest BCUT2D eigenvalue weighted by Gasteiger charge is 2.13. The zero-order chi connectivity index (χ0) is 17.3. The third kappa shape index (κ3) is 3.26. The quantitative estimate of drug-likeness (QED) is 0.727. The van der Waals surface area contributed by atoms with Gasteiger partial charge in [0, 0.05) is 11.4 Å². The Kier molecular flexibility index (Phi) is 4.53. The van der Waals surface area contributed by atoms with Crippen molar-refractivity contribution in [1.29, 1.82) is 0 Å². The smallest absolute Gasteiger partial charge is 0.144 e. The average Bonchev–Trinajstić information content (AvgIpc) is 2.84. The molecule has 2 aromatic carbocycles. The Morgan fingerprint density at radius 1 is 0.958 bits per heavy atom. The highest BCUT2D eigenvalue weighted by molar-refractivity contribution is 7.71. The fourth-order valence-electron chi connectivity index (χ4n) is 2.80. The Balaban J connectivity index is 2.08. The van der Waals surface area contributed by atoms with E-state index in [0.29, 0.717) is 0 Å². The lowest BCUT2D eigenvalue weighted by Gasteiger charge is -2.12. The number of nitrogens with zero attached hydrogens (tertiary/aromatic N) is 1. The van der Waals surface area contributed by atoms with E-state index >= 15 is 0 Å². The third-order valence-corrected chi connectivity index (χ3v) is 4.77. The molecule has 3 aromatic rings. The van der Waals surface area contributed by atoms with Crippen LogP contribution in [0.1, 0.15) is 16.8 Å². The molecule has 0 atom stereocenters. The summed E-state index contributed by atoms with van der Waals surface area (Å²) in [5.74, 6) is -0.218. The molecule has 0 unspecified atom stereocenters. The highest BCUT2D eigenvalue weighted by Crippen LogP contribution is 2.29. The molecule has 0 N–H and O–H groups in total. The molecule has 0 aliphatic heterocycles. The molecule has 0 aliphatic rings. The second-order valence-corrected chi connectivity index (χ2v) is 6.78. The molecular formula is C19H18FNO2S. The van der Waals surface area contributed by atoms with Gasteiger partial charge in [0.25, 0.3) is 0 Å². The molecule has 0 spiro atoms. The molecule has 0 aliphatic carbocycles. The third-order valence-electron chi connectivity index (χ3n) is 4.15. The van der Waals surface area contributed by atoms with Crippen molar-refractivity contribution < 1.29 is 12.8 Å². The molecule has 1 heterocycles. The van der Waals surface area contributed by atoms with Gasteiger partial charge >= 0.3 is 0 Å². The van der Waals surface area contributed by atoms with Crippen molar-refractivity contribution in [3.8, 4) is 16.9 Å². The molecular weight excluding hydrogens is 325 g/mol. The summed E-state index contributed by atoms with van der Waals surface area (Å²) in [5, 5.41) is 0. The van der Waals surface area contributed by atoms with Crippen LogP contribution in [0, 0.1) is 19.7 Å². The Morgan fingerprint density at radius 3 is 2.17 bits per heavy atom. The largest absolute Gasteiger partial charge is 0.314 e. The van der Waals surface area contributed by atoms with Crippen LogP contribution in [-0.4, -0.2) is 13.0 Å². The van der Waals surface area contributed by atoms with Gasteiger partial charge in [-0.1, -0.05) is 24.3 Å². The van der Waals surface area contributed by atoms with Crippen molar-refractivity contribution in [2.45, 2.75) is 19.6 Å². The first-order valence-corrected chi connectivity index (χ1v) is 8.98. The molecule has 0 radical (unpaired) electrons. The summed E-state index contributed by atoms with van der Waals surface area (Å²) in [7, 11) is -2.43. The van der Waals surface area contributed by atoms with Crippen molar-refractivity contribution in [3.63, 3.8) is 0 Å². The minimum absolute atomic E-state index is 0.0483. The van der Waals surface area contributed by atoms with Crippen LogP contribution in [0.15, 0.2) is 54.6 Å². The second kappa shape index (κ2) is 6.61.